The predicted octanol–water partition coefficient (Wildman–Crippen LogP) is 3.03. The minimum absolute atomic E-state index is 0.0553. The van der Waals surface area contributed by atoms with Crippen molar-refractivity contribution in [2.24, 2.45) is 0 Å². The lowest BCUT2D eigenvalue weighted by Gasteiger charge is -2.12. The molecule has 0 aliphatic heterocycles. The number of nitrogens with zero attached hydrogens (tertiary/aromatic N) is 4. The Labute approximate surface area is 179 Å². The Balaban J connectivity index is 0.000000360. The molecule has 3 heterocycles. The van der Waals surface area contributed by atoms with E-state index in [1.165, 1.54) is 4.68 Å². The Morgan fingerprint density at radius 2 is 1.88 bits per heavy atom. The summed E-state index contributed by atoms with van der Waals surface area (Å²) in [4.78, 5) is 26.0. The third kappa shape index (κ3) is 5.49. The Kier molecular flexibility index (Phi) is 6.89. The summed E-state index contributed by atoms with van der Waals surface area (Å²) in [7, 11) is 0. The van der Waals surface area contributed by atoms with Crippen LogP contribution in [0.1, 0.15) is 18.7 Å². The first-order chi connectivity index (χ1) is 15.2. The molecule has 4 rings (SSSR count). The monoisotopic (exact) mass is 447 g/mol. The van der Waals surface area contributed by atoms with Gasteiger partial charge >= 0.3 is 12.1 Å². The van der Waals surface area contributed by atoms with Crippen LogP contribution in [0.25, 0.3) is 16.4 Å². The number of hydrogen-bond donors (Lipinski definition) is 2. The Morgan fingerprint density at radius 3 is 2.56 bits per heavy atom. The molecule has 0 fully saturated rings. The number of carbonyl (C=O) groups is 1. The second-order valence-electron chi connectivity index (χ2n) is 6.87. The molecule has 32 heavy (non-hydrogen) atoms. The molecule has 1 atom stereocenters. The third-order valence-electron chi connectivity index (χ3n) is 4.60. The molecule has 0 saturated heterocycles. The van der Waals surface area contributed by atoms with E-state index in [0.717, 1.165) is 16.7 Å². The van der Waals surface area contributed by atoms with E-state index in [1.54, 1.807) is 6.20 Å². The largest absolute Gasteiger partial charge is 0.490 e. The number of benzene rings is 1. The van der Waals surface area contributed by atoms with Crippen LogP contribution in [0.5, 0.6) is 0 Å². The second kappa shape index (κ2) is 9.60. The summed E-state index contributed by atoms with van der Waals surface area (Å²) in [5, 5.41) is 16.4. The van der Waals surface area contributed by atoms with Gasteiger partial charge in [0.1, 0.15) is 5.65 Å². The maximum atomic E-state index is 12.4. The maximum absolute atomic E-state index is 12.4. The van der Waals surface area contributed by atoms with Crippen LogP contribution in [0.15, 0.2) is 65.8 Å². The molecule has 0 aliphatic carbocycles. The fraction of sp³-hybridized carbons (Fsp3) is 0.238. The van der Waals surface area contributed by atoms with Gasteiger partial charge in [-0.2, -0.15) is 18.3 Å². The number of rotatable bonds is 5. The smallest absolute Gasteiger partial charge is 0.475 e. The van der Waals surface area contributed by atoms with Gasteiger partial charge in [0.05, 0.1) is 23.8 Å². The fourth-order valence-electron chi connectivity index (χ4n) is 2.94. The van der Waals surface area contributed by atoms with E-state index in [4.69, 9.17) is 9.90 Å². The number of pyridine rings is 1. The molecule has 1 aromatic carbocycles. The van der Waals surface area contributed by atoms with Crippen molar-refractivity contribution in [3.63, 3.8) is 0 Å². The Bertz CT molecular complexity index is 1250. The number of aliphatic carboxylic acids is 1. The van der Waals surface area contributed by atoms with E-state index < -0.39 is 12.1 Å². The minimum atomic E-state index is -5.08. The molecule has 0 amide bonds. The summed E-state index contributed by atoms with van der Waals surface area (Å²) in [6.45, 7) is 3.22. The molecule has 11 heteroatoms. The van der Waals surface area contributed by atoms with Crippen molar-refractivity contribution in [2.75, 3.05) is 6.54 Å². The predicted molar refractivity (Wildman–Crippen MR) is 111 cm³/mol. The van der Waals surface area contributed by atoms with Crippen LogP contribution >= 0.6 is 0 Å². The number of imidazole rings is 1. The van der Waals surface area contributed by atoms with Gasteiger partial charge in [0, 0.05) is 30.4 Å². The van der Waals surface area contributed by atoms with E-state index in [1.807, 2.05) is 59.3 Å². The van der Waals surface area contributed by atoms with E-state index in [2.05, 4.69) is 22.3 Å². The molecule has 0 aliphatic rings. The van der Waals surface area contributed by atoms with Crippen molar-refractivity contribution < 1.29 is 23.1 Å². The van der Waals surface area contributed by atoms with Crippen molar-refractivity contribution in [1.29, 1.82) is 0 Å². The number of alkyl halides is 3. The van der Waals surface area contributed by atoms with Crippen LogP contribution in [0, 0.1) is 0 Å². The Hall–Kier alpha value is -3.73. The number of hydrogen-bond acceptors (Lipinski definition) is 5. The molecule has 0 saturated carbocycles. The Morgan fingerprint density at radius 1 is 1.19 bits per heavy atom. The average Bonchev–Trinajstić information content (AvgIpc) is 3.20. The molecule has 168 valence electrons. The van der Waals surface area contributed by atoms with Crippen molar-refractivity contribution in [3.05, 3.63) is 77.1 Å². The first-order valence-electron chi connectivity index (χ1n) is 9.59. The zero-order valence-electron chi connectivity index (χ0n) is 17.0. The molecular formula is C21H20F3N5O3. The van der Waals surface area contributed by atoms with Crippen molar-refractivity contribution in [1.82, 2.24) is 24.5 Å². The lowest BCUT2D eigenvalue weighted by atomic mass is 10.2. The highest BCUT2D eigenvalue weighted by Crippen LogP contribution is 2.13. The van der Waals surface area contributed by atoms with Crippen LogP contribution in [0.3, 0.4) is 0 Å². The summed E-state index contributed by atoms with van der Waals surface area (Å²) >= 11 is 0. The topological polar surface area (TPSA) is 102 Å². The molecule has 2 N–H and O–H groups in total. The molecule has 1 unspecified atom stereocenters. The number of nitrogens with one attached hydrogen (secondary N) is 1. The zero-order chi connectivity index (χ0) is 23.3. The maximum Gasteiger partial charge on any atom is 0.490 e. The molecule has 4 aromatic rings. The molecule has 3 aromatic heterocycles. The summed E-state index contributed by atoms with van der Waals surface area (Å²) in [6.07, 6.45) is 0.660. The molecule has 8 nitrogen and oxygen atoms in total. The summed E-state index contributed by atoms with van der Waals surface area (Å²) in [6, 6.07) is 13.5. The summed E-state index contributed by atoms with van der Waals surface area (Å²) in [5.41, 5.74) is 1.85. The highest BCUT2D eigenvalue weighted by atomic mass is 19.4. The zero-order valence-corrected chi connectivity index (χ0v) is 17.0. The van der Waals surface area contributed by atoms with E-state index in [-0.39, 0.29) is 11.6 Å². The van der Waals surface area contributed by atoms with E-state index >= 15 is 0 Å². The van der Waals surface area contributed by atoms with Crippen molar-refractivity contribution in [2.45, 2.75) is 25.7 Å². The van der Waals surface area contributed by atoms with Gasteiger partial charge < -0.3 is 14.8 Å². The number of carboxylic acid groups (broad SMARTS) is 1. The van der Waals surface area contributed by atoms with Crippen LogP contribution < -0.4 is 10.9 Å². The number of carboxylic acids is 1. The van der Waals surface area contributed by atoms with Crippen molar-refractivity contribution in [3.8, 4) is 0 Å². The van der Waals surface area contributed by atoms with Gasteiger partial charge in [0.15, 0.2) is 0 Å². The lowest BCUT2D eigenvalue weighted by molar-refractivity contribution is -0.192. The standard InChI is InChI=1S/C19H19N5O.C2HF3O2/c1-14(17-13-23-10-5-4-8-18(23)22-17)20-9-11-24-19(25)16-7-3-2-6-15(16)12-21-24;3-2(4,5)1(6)7/h2-8,10,12-14,20H,9,11H2,1H3;(H,6,7). The minimum Gasteiger partial charge on any atom is -0.475 e. The van der Waals surface area contributed by atoms with Gasteiger partial charge in [-0.1, -0.05) is 24.3 Å². The highest BCUT2D eigenvalue weighted by molar-refractivity contribution is 5.80. The number of aromatic nitrogens is 4. The molecule has 0 radical (unpaired) electrons. The first kappa shape index (κ1) is 22.9. The van der Waals surface area contributed by atoms with Gasteiger partial charge in [0.25, 0.3) is 5.56 Å². The van der Waals surface area contributed by atoms with Crippen LogP contribution in [0.4, 0.5) is 13.2 Å². The van der Waals surface area contributed by atoms with Crippen molar-refractivity contribution >= 4 is 22.4 Å². The lowest BCUT2D eigenvalue weighted by Crippen LogP contribution is -2.30. The normalized spacial score (nSPS) is 12.4. The number of halogens is 3. The third-order valence-corrected chi connectivity index (χ3v) is 4.60. The summed E-state index contributed by atoms with van der Waals surface area (Å²) < 4.78 is 35.2. The molecule has 0 bridgehead atoms. The SMILES string of the molecule is CC(NCCn1ncc2ccccc2c1=O)c1cn2ccccc2n1.O=C(O)C(F)(F)F. The molecule has 0 spiro atoms. The molecular weight excluding hydrogens is 427 g/mol. The first-order valence-corrected chi connectivity index (χ1v) is 9.59. The van der Waals surface area contributed by atoms with Crippen LogP contribution in [-0.4, -0.2) is 43.0 Å². The van der Waals surface area contributed by atoms with Gasteiger partial charge in [-0.3, -0.25) is 4.79 Å². The highest BCUT2D eigenvalue weighted by Gasteiger charge is 2.38. The van der Waals surface area contributed by atoms with Crippen LogP contribution in [0.2, 0.25) is 0 Å². The van der Waals surface area contributed by atoms with Gasteiger partial charge in [-0.15, -0.1) is 0 Å². The van der Waals surface area contributed by atoms with Gasteiger partial charge in [0.2, 0.25) is 0 Å². The van der Waals surface area contributed by atoms with Gasteiger partial charge in [-0.25, -0.2) is 14.5 Å². The average molecular weight is 447 g/mol. The van der Waals surface area contributed by atoms with Gasteiger partial charge in [-0.05, 0) is 25.1 Å². The summed E-state index contributed by atoms with van der Waals surface area (Å²) in [5.74, 6) is -2.76. The number of fused-ring (bicyclic) bond motifs is 2. The van der Waals surface area contributed by atoms with E-state index in [0.29, 0.717) is 18.5 Å². The fourth-order valence-corrected chi connectivity index (χ4v) is 2.94. The quantitative estimate of drug-likeness (QED) is 0.488. The van der Waals surface area contributed by atoms with E-state index in [9.17, 15) is 18.0 Å². The van der Waals surface area contributed by atoms with Crippen LogP contribution in [-0.2, 0) is 11.3 Å². The second-order valence-corrected chi connectivity index (χ2v) is 6.87.